The number of benzene rings is 1. The minimum atomic E-state index is -0.264. The summed E-state index contributed by atoms with van der Waals surface area (Å²) in [4.78, 5) is 21.6. The Kier molecular flexibility index (Phi) is 5.04. The van der Waals surface area contributed by atoms with Gasteiger partial charge in [-0.1, -0.05) is 11.6 Å². The van der Waals surface area contributed by atoms with Crippen LogP contribution in [0.4, 0.5) is 16.5 Å². The van der Waals surface area contributed by atoms with Crippen LogP contribution in [0.5, 0.6) is 0 Å². The molecule has 32 heavy (non-hydrogen) atoms. The molecule has 0 bridgehead atoms. The zero-order chi connectivity index (χ0) is 22.2. The lowest BCUT2D eigenvalue weighted by atomic mass is 10.2. The molecule has 0 aliphatic carbocycles. The number of aryl methyl sites for hydroxylation is 2. The number of nitrogens with one attached hydrogen (secondary N) is 3. The second-order valence-electron chi connectivity index (χ2n) is 6.98. The number of H-pyrrole nitrogens is 1. The van der Waals surface area contributed by atoms with Crippen LogP contribution in [0.3, 0.4) is 0 Å². The molecule has 0 spiro atoms. The molecule has 0 saturated carbocycles. The molecule has 12 heteroatoms. The number of hydrogen-bond acceptors (Lipinski definition) is 8. The van der Waals surface area contributed by atoms with Gasteiger partial charge in [0.1, 0.15) is 11.4 Å². The second kappa shape index (κ2) is 8.02. The lowest BCUT2D eigenvalue weighted by molar-refractivity contribution is 0.101. The summed E-state index contributed by atoms with van der Waals surface area (Å²) in [7, 11) is 1.71. The lowest BCUT2D eigenvalue weighted by Gasteiger charge is -2.08. The van der Waals surface area contributed by atoms with Crippen LogP contribution >= 0.6 is 23.1 Å². The number of hydrogen-bond donors (Lipinski definition) is 3. The summed E-state index contributed by atoms with van der Waals surface area (Å²) in [5, 5.41) is 18.9. The highest BCUT2D eigenvalue weighted by molar-refractivity contribution is 7.10. The van der Waals surface area contributed by atoms with Crippen molar-refractivity contribution in [3.63, 3.8) is 0 Å². The number of amides is 1. The van der Waals surface area contributed by atoms with Crippen molar-refractivity contribution in [1.82, 2.24) is 34.3 Å². The Morgan fingerprint density at radius 3 is 2.91 bits per heavy atom. The van der Waals surface area contributed by atoms with E-state index in [1.54, 1.807) is 37.6 Å². The normalized spacial score (nSPS) is 11.1. The van der Waals surface area contributed by atoms with Crippen LogP contribution < -0.4 is 10.6 Å². The summed E-state index contributed by atoms with van der Waals surface area (Å²) in [6.07, 6.45) is 3.24. The van der Waals surface area contributed by atoms with E-state index in [2.05, 4.69) is 40.3 Å². The van der Waals surface area contributed by atoms with Gasteiger partial charge in [0.25, 0.3) is 5.91 Å². The third-order valence-electron chi connectivity index (χ3n) is 4.72. The van der Waals surface area contributed by atoms with Gasteiger partial charge in [-0.2, -0.15) is 19.6 Å². The Labute approximate surface area is 190 Å². The molecule has 10 nitrogen and oxygen atoms in total. The van der Waals surface area contributed by atoms with E-state index in [0.717, 1.165) is 16.6 Å². The van der Waals surface area contributed by atoms with Crippen LogP contribution in [-0.2, 0) is 7.05 Å². The summed E-state index contributed by atoms with van der Waals surface area (Å²) < 4.78 is 5.92. The number of nitrogens with zero attached hydrogens (tertiary/aromatic N) is 6. The second-order valence-corrected chi connectivity index (χ2v) is 8.11. The first-order chi connectivity index (χ1) is 15.5. The summed E-state index contributed by atoms with van der Waals surface area (Å²) in [6, 6.07) is 8.90. The van der Waals surface area contributed by atoms with Gasteiger partial charge in [0.2, 0.25) is 5.13 Å². The molecule has 5 aromatic rings. The van der Waals surface area contributed by atoms with E-state index in [9.17, 15) is 4.79 Å². The maximum absolute atomic E-state index is 12.5. The molecule has 1 aromatic carbocycles. The Morgan fingerprint density at radius 1 is 1.22 bits per heavy atom. The molecular weight excluding hydrogens is 450 g/mol. The molecule has 0 aliphatic rings. The van der Waals surface area contributed by atoms with Gasteiger partial charge < -0.3 is 10.6 Å². The average molecular weight is 466 g/mol. The van der Waals surface area contributed by atoms with E-state index in [1.165, 1.54) is 16.2 Å². The molecule has 5 rings (SSSR count). The number of carbonyl (C=O) groups is 1. The minimum absolute atomic E-state index is 0.264. The van der Waals surface area contributed by atoms with Crippen LogP contribution in [0.15, 0.2) is 42.7 Å². The Morgan fingerprint density at radius 2 is 2.09 bits per heavy atom. The van der Waals surface area contributed by atoms with Crippen molar-refractivity contribution >= 4 is 56.4 Å². The zero-order valence-electron chi connectivity index (χ0n) is 16.9. The SMILES string of the molecule is Cc1cc(NC(=O)c2ccnn2C)cc(-c2nsc(Nc3ccc4[nH]ncc4c3Cl)n2)n1. The van der Waals surface area contributed by atoms with E-state index in [0.29, 0.717) is 38.7 Å². The predicted octanol–water partition coefficient (Wildman–Crippen LogP) is 4.17. The molecule has 4 heterocycles. The number of fused-ring (bicyclic) bond motifs is 1. The third-order valence-corrected chi connectivity index (χ3v) is 5.76. The van der Waals surface area contributed by atoms with Gasteiger partial charge >= 0.3 is 0 Å². The smallest absolute Gasteiger partial charge is 0.273 e. The quantitative estimate of drug-likeness (QED) is 0.355. The Bertz CT molecular complexity index is 1450. The Balaban J connectivity index is 1.39. The van der Waals surface area contributed by atoms with Gasteiger partial charge in [0.05, 0.1) is 22.4 Å². The van der Waals surface area contributed by atoms with E-state index >= 15 is 0 Å². The molecule has 3 N–H and O–H groups in total. The summed E-state index contributed by atoms with van der Waals surface area (Å²) >= 11 is 7.66. The van der Waals surface area contributed by atoms with Gasteiger partial charge in [0.15, 0.2) is 5.82 Å². The highest BCUT2D eigenvalue weighted by Gasteiger charge is 2.15. The molecule has 1 amide bonds. The fourth-order valence-electron chi connectivity index (χ4n) is 3.22. The first kappa shape index (κ1) is 20.1. The minimum Gasteiger partial charge on any atom is -0.329 e. The first-order valence-electron chi connectivity index (χ1n) is 9.48. The highest BCUT2D eigenvalue weighted by atomic mass is 35.5. The molecule has 4 aromatic heterocycles. The number of halogens is 1. The fourth-order valence-corrected chi connectivity index (χ4v) is 4.07. The zero-order valence-corrected chi connectivity index (χ0v) is 18.5. The number of anilines is 3. The summed E-state index contributed by atoms with van der Waals surface area (Å²) in [6.45, 7) is 1.84. The van der Waals surface area contributed by atoms with Gasteiger partial charge in [-0.25, -0.2) is 4.98 Å². The van der Waals surface area contributed by atoms with E-state index in [1.807, 2.05) is 19.1 Å². The van der Waals surface area contributed by atoms with E-state index in [4.69, 9.17) is 11.6 Å². The molecule has 160 valence electrons. The van der Waals surface area contributed by atoms with Crippen molar-refractivity contribution in [1.29, 1.82) is 0 Å². The predicted molar refractivity (Wildman–Crippen MR) is 123 cm³/mol. The van der Waals surface area contributed by atoms with Crippen molar-refractivity contribution in [3.05, 3.63) is 59.1 Å². The number of rotatable bonds is 5. The van der Waals surface area contributed by atoms with Crippen LogP contribution in [0.1, 0.15) is 16.2 Å². The molecule has 0 aliphatic heterocycles. The standard InChI is InChI=1S/C20H16ClN9OS/c1-10-7-11(25-19(31)16-5-6-23-30(16)2)8-15(24-10)18-27-20(32-29-18)26-14-4-3-13-12(17(14)21)9-22-28-13/h3-9H,1-2H3,(H,22,28)(H,24,25,31)(H,26,27,29). The van der Waals surface area contributed by atoms with Crippen molar-refractivity contribution < 1.29 is 4.79 Å². The van der Waals surface area contributed by atoms with E-state index in [-0.39, 0.29) is 5.91 Å². The maximum atomic E-state index is 12.5. The average Bonchev–Trinajstić information content (AvgIpc) is 3.50. The largest absolute Gasteiger partial charge is 0.329 e. The van der Waals surface area contributed by atoms with Crippen molar-refractivity contribution in [2.45, 2.75) is 6.92 Å². The molecular formula is C20H16ClN9OS. The van der Waals surface area contributed by atoms with Gasteiger partial charge in [0, 0.05) is 41.5 Å². The molecule has 0 atom stereocenters. The van der Waals surface area contributed by atoms with Gasteiger partial charge in [-0.3, -0.25) is 14.6 Å². The maximum Gasteiger partial charge on any atom is 0.273 e. The monoisotopic (exact) mass is 465 g/mol. The Hall–Kier alpha value is -3.83. The summed E-state index contributed by atoms with van der Waals surface area (Å²) in [5.41, 5.74) is 3.86. The topological polar surface area (TPSA) is 126 Å². The highest BCUT2D eigenvalue weighted by Crippen LogP contribution is 2.33. The fraction of sp³-hybridized carbons (Fsp3) is 0.100. The van der Waals surface area contributed by atoms with Crippen LogP contribution in [0, 0.1) is 6.92 Å². The molecule has 0 fully saturated rings. The first-order valence-corrected chi connectivity index (χ1v) is 10.6. The number of aromatic nitrogens is 7. The number of carbonyl (C=O) groups excluding carboxylic acids is 1. The van der Waals surface area contributed by atoms with E-state index < -0.39 is 0 Å². The summed E-state index contributed by atoms with van der Waals surface area (Å²) in [5.74, 6) is 0.178. The van der Waals surface area contributed by atoms with Crippen LogP contribution in [0.25, 0.3) is 22.4 Å². The van der Waals surface area contributed by atoms with Crippen molar-refractivity contribution in [2.75, 3.05) is 10.6 Å². The van der Waals surface area contributed by atoms with Gasteiger partial charge in [-0.15, -0.1) is 0 Å². The van der Waals surface area contributed by atoms with Crippen LogP contribution in [0.2, 0.25) is 5.02 Å². The van der Waals surface area contributed by atoms with Gasteiger partial charge in [-0.05, 0) is 37.3 Å². The molecule has 0 unspecified atom stereocenters. The number of pyridine rings is 1. The van der Waals surface area contributed by atoms with Crippen molar-refractivity contribution in [3.8, 4) is 11.5 Å². The van der Waals surface area contributed by atoms with Crippen molar-refractivity contribution in [2.24, 2.45) is 7.05 Å². The number of aromatic amines is 1. The molecule has 0 radical (unpaired) electrons. The van der Waals surface area contributed by atoms with Crippen LogP contribution in [-0.4, -0.2) is 40.2 Å². The third kappa shape index (κ3) is 3.79. The lowest BCUT2D eigenvalue weighted by Crippen LogP contribution is -2.16. The molecule has 0 saturated heterocycles.